The van der Waals surface area contributed by atoms with Gasteiger partial charge in [-0.15, -0.1) is 0 Å². The van der Waals surface area contributed by atoms with Gasteiger partial charge in [-0.2, -0.15) is 0 Å². The van der Waals surface area contributed by atoms with E-state index in [1.165, 1.54) is 0 Å². The third-order valence-electron chi connectivity index (χ3n) is 8.21. The molecule has 7 heteroatoms. The van der Waals surface area contributed by atoms with Crippen molar-refractivity contribution in [3.8, 4) is 0 Å². The second-order valence-corrected chi connectivity index (χ2v) is 23.8. The maximum atomic E-state index is 13.6. The maximum absolute atomic E-state index is 13.6. The number of hydrogen-bond donors (Lipinski definition) is 1. The summed E-state index contributed by atoms with van der Waals surface area (Å²) in [5.41, 5.74) is 2.43. The van der Waals surface area contributed by atoms with Gasteiger partial charge in [-0.3, -0.25) is 4.79 Å². The Bertz CT molecular complexity index is 892. The largest absolute Gasteiger partial charge is 0.409 e. The predicted octanol–water partition coefficient (Wildman–Crippen LogP) is 6.72. The summed E-state index contributed by atoms with van der Waals surface area (Å²) in [7, 11) is -3.37. The molecule has 0 spiro atoms. The summed E-state index contributed by atoms with van der Waals surface area (Å²) in [5, 5.41) is 11.6. The van der Waals surface area contributed by atoms with Crippen molar-refractivity contribution in [3.05, 3.63) is 35.7 Å². The molecule has 2 aliphatic carbocycles. The summed E-state index contributed by atoms with van der Waals surface area (Å²) in [6.07, 6.45) is 2.33. The third-order valence-corrected chi connectivity index (χ3v) is 16.0. The van der Waals surface area contributed by atoms with Crippen LogP contribution in [0.15, 0.2) is 24.4 Å². The molecule has 1 aromatic heterocycles. The van der Waals surface area contributed by atoms with E-state index in [1.807, 2.05) is 16.8 Å². The van der Waals surface area contributed by atoms with Gasteiger partial charge < -0.3 is 18.8 Å². The number of ether oxygens (including phenoxy) is 1. The van der Waals surface area contributed by atoms with E-state index >= 15 is 0 Å². The maximum Gasteiger partial charge on any atom is 0.211 e. The highest BCUT2D eigenvalue weighted by Gasteiger charge is 2.56. The Labute approximate surface area is 209 Å². The summed E-state index contributed by atoms with van der Waals surface area (Å²) in [5.74, 6) is -0.262. The van der Waals surface area contributed by atoms with Crippen LogP contribution in [0.1, 0.15) is 76.4 Å². The highest BCUT2D eigenvalue weighted by atomic mass is 28.4. The third kappa shape index (κ3) is 4.96. The number of hydrogen-bond acceptors (Lipinski definition) is 4. The zero-order chi connectivity index (χ0) is 25.6. The minimum absolute atomic E-state index is 0.0714. The molecule has 2 bridgehead atoms. The molecule has 34 heavy (non-hydrogen) atoms. The Morgan fingerprint density at radius 2 is 1.71 bits per heavy atom. The number of rotatable bonds is 10. The molecule has 1 fully saturated rings. The zero-order valence-corrected chi connectivity index (χ0v) is 24.9. The van der Waals surface area contributed by atoms with Crippen molar-refractivity contribution in [1.29, 1.82) is 0 Å². The molecule has 0 saturated heterocycles. The van der Waals surface area contributed by atoms with Crippen LogP contribution in [-0.4, -0.2) is 50.2 Å². The lowest BCUT2D eigenvalue weighted by atomic mass is 9.65. The van der Waals surface area contributed by atoms with Gasteiger partial charge in [0.05, 0.1) is 11.8 Å². The molecule has 1 saturated carbocycles. The Kier molecular flexibility index (Phi) is 7.96. The Morgan fingerprint density at radius 3 is 2.24 bits per heavy atom. The molecule has 1 aromatic rings. The van der Waals surface area contributed by atoms with Gasteiger partial charge >= 0.3 is 0 Å². The van der Waals surface area contributed by atoms with Gasteiger partial charge in [0.1, 0.15) is 12.3 Å². The monoisotopic (exact) mass is 505 g/mol. The minimum Gasteiger partial charge on any atom is -0.409 e. The van der Waals surface area contributed by atoms with E-state index in [4.69, 9.17) is 9.16 Å². The summed E-state index contributed by atoms with van der Waals surface area (Å²) in [6.45, 7) is 26.1. The molecule has 0 amide bonds. The van der Waals surface area contributed by atoms with Crippen LogP contribution in [0.25, 0.3) is 0 Å². The van der Waals surface area contributed by atoms with Crippen LogP contribution in [0.5, 0.6) is 0 Å². The molecule has 2 aliphatic rings. The summed E-state index contributed by atoms with van der Waals surface area (Å²) in [6, 6.07) is 3.10. The smallest absolute Gasteiger partial charge is 0.211 e. The summed E-state index contributed by atoms with van der Waals surface area (Å²) in [4.78, 5) is 13.6. The van der Waals surface area contributed by atoms with E-state index in [-0.39, 0.29) is 17.8 Å². The number of fused-ring (bicyclic) bond motifs is 4. The SMILES string of the molecule is C=C1[C@H]2C[C@@](O)(C[C@H]1O[Si](C(C)C)(C(C)C)C(C)C)C(=O)c1c2ccn1COCC[Si](C)(C)C. The van der Waals surface area contributed by atoms with E-state index in [0.29, 0.717) is 48.5 Å². The van der Waals surface area contributed by atoms with Crippen LogP contribution in [0.3, 0.4) is 0 Å². The van der Waals surface area contributed by atoms with Crippen molar-refractivity contribution in [2.45, 2.75) is 121 Å². The molecule has 192 valence electrons. The highest BCUT2D eigenvalue weighted by Crippen LogP contribution is 2.52. The van der Waals surface area contributed by atoms with Crippen LogP contribution in [0, 0.1) is 0 Å². The number of carbonyl (C=O) groups excluding carboxylic acids is 1. The first-order valence-electron chi connectivity index (χ1n) is 13.0. The van der Waals surface area contributed by atoms with Gasteiger partial charge in [0.2, 0.25) is 14.1 Å². The number of aliphatic hydroxyl groups is 1. The molecule has 5 nitrogen and oxygen atoms in total. The van der Waals surface area contributed by atoms with E-state index in [0.717, 1.165) is 17.2 Å². The van der Waals surface area contributed by atoms with E-state index in [9.17, 15) is 9.90 Å². The van der Waals surface area contributed by atoms with Gasteiger partial charge in [0.15, 0.2) is 0 Å². The van der Waals surface area contributed by atoms with Crippen molar-refractivity contribution < 1.29 is 19.1 Å². The molecule has 0 radical (unpaired) electrons. The van der Waals surface area contributed by atoms with Gasteiger partial charge in [0, 0.05) is 33.2 Å². The fourth-order valence-corrected chi connectivity index (χ4v) is 12.7. The lowest BCUT2D eigenvalue weighted by Gasteiger charge is -2.50. The molecule has 1 N–H and O–H groups in total. The number of Topliss-reactive ketones (excluding diaryl/α,β-unsaturated/α-hetero) is 1. The van der Waals surface area contributed by atoms with Gasteiger partial charge in [0.25, 0.3) is 0 Å². The molecule has 3 atom stereocenters. The number of nitrogens with zero attached hydrogens (tertiary/aromatic N) is 1. The van der Waals surface area contributed by atoms with Crippen LogP contribution < -0.4 is 0 Å². The fraction of sp³-hybridized carbons (Fsp3) is 0.741. The first kappa shape index (κ1) is 27.6. The number of ketones is 1. The molecule has 0 aliphatic heterocycles. The summed E-state index contributed by atoms with van der Waals surface area (Å²) >= 11 is 0. The number of carbonyl (C=O) groups is 1. The average Bonchev–Trinajstić information content (AvgIpc) is 3.12. The van der Waals surface area contributed by atoms with Gasteiger partial charge in [-0.25, -0.2) is 0 Å². The Morgan fingerprint density at radius 1 is 1.12 bits per heavy atom. The van der Waals surface area contributed by atoms with Crippen molar-refractivity contribution >= 4 is 22.2 Å². The molecule has 0 unspecified atom stereocenters. The molecule has 0 aromatic carbocycles. The normalized spacial score (nSPS) is 25.6. The lowest BCUT2D eigenvalue weighted by Crippen LogP contribution is -2.57. The van der Waals surface area contributed by atoms with Crippen molar-refractivity contribution in [2.24, 2.45) is 0 Å². The zero-order valence-electron chi connectivity index (χ0n) is 22.9. The van der Waals surface area contributed by atoms with E-state index in [2.05, 4.69) is 67.8 Å². The second-order valence-electron chi connectivity index (χ2n) is 12.8. The Balaban J connectivity index is 1.88. The van der Waals surface area contributed by atoms with Crippen LogP contribution in [0.4, 0.5) is 0 Å². The van der Waals surface area contributed by atoms with Crippen molar-refractivity contribution in [3.63, 3.8) is 0 Å². The minimum atomic E-state index is -2.19. The molecule has 3 rings (SSSR count). The van der Waals surface area contributed by atoms with E-state index in [1.54, 1.807) is 0 Å². The topological polar surface area (TPSA) is 60.7 Å². The van der Waals surface area contributed by atoms with Crippen LogP contribution >= 0.6 is 0 Å². The van der Waals surface area contributed by atoms with Crippen LogP contribution in [0.2, 0.25) is 42.3 Å². The standard InChI is InChI=1S/C27H47NO4Si2/c1-18(2)34(19(3)4,20(5)6)32-24-16-27(30)15-23(21(24)7)22-11-12-28(25(22)26(27)29)17-31-13-14-33(8,9)10/h11-12,18-20,23-24,30H,7,13-17H2,1-6,8-10H3/t23-,24-,27-/m1/s1. The quantitative estimate of drug-likeness (QED) is 0.218. The Hall–Kier alpha value is -0.996. The fourth-order valence-electron chi connectivity index (χ4n) is 6.38. The van der Waals surface area contributed by atoms with Gasteiger partial charge in [-0.05, 0) is 46.3 Å². The van der Waals surface area contributed by atoms with Crippen LogP contribution in [-0.2, 0) is 15.9 Å². The first-order chi connectivity index (χ1) is 15.6. The lowest BCUT2D eigenvalue weighted by molar-refractivity contribution is -0.0185. The highest BCUT2D eigenvalue weighted by molar-refractivity contribution is 6.77. The number of aromatic nitrogens is 1. The average molecular weight is 506 g/mol. The van der Waals surface area contributed by atoms with Crippen molar-refractivity contribution in [1.82, 2.24) is 4.57 Å². The van der Waals surface area contributed by atoms with Gasteiger partial charge in [-0.1, -0.05) is 67.8 Å². The molecular weight excluding hydrogens is 458 g/mol. The molecular formula is C27H47NO4Si2. The van der Waals surface area contributed by atoms with Crippen molar-refractivity contribution in [2.75, 3.05) is 6.61 Å². The summed E-state index contributed by atoms with van der Waals surface area (Å²) < 4.78 is 14.9. The first-order valence-corrected chi connectivity index (χ1v) is 18.9. The predicted molar refractivity (Wildman–Crippen MR) is 145 cm³/mol. The molecule has 1 heterocycles. The van der Waals surface area contributed by atoms with E-state index < -0.39 is 22.0 Å². The second kappa shape index (κ2) is 9.81.